The molecule has 2 atom stereocenters. The highest BCUT2D eigenvalue weighted by atomic mass is 35.5. The predicted molar refractivity (Wildman–Crippen MR) is 142 cm³/mol. The molecule has 7 nitrogen and oxygen atoms in total. The Morgan fingerprint density at radius 1 is 1.00 bits per heavy atom. The van der Waals surface area contributed by atoms with E-state index >= 15 is 0 Å². The van der Waals surface area contributed by atoms with Gasteiger partial charge in [-0.2, -0.15) is 0 Å². The fourth-order valence-corrected chi connectivity index (χ4v) is 4.64. The van der Waals surface area contributed by atoms with Crippen LogP contribution in [0.3, 0.4) is 0 Å². The van der Waals surface area contributed by atoms with E-state index in [1.165, 1.54) is 23.1 Å². The van der Waals surface area contributed by atoms with Crippen LogP contribution in [0.5, 0.6) is 0 Å². The van der Waals surface area contributed by atoms with Gasteiger partial charge in [-0.05, 0) is 50.5 Å². The van der Waals surface area contributed by atoms with Gasteiger partial charge in [0.2, 0.25) is 21.8 Å². The molecule has 0 spiro atoms. The zero-order chi connectivity index (χ0) is 26.3. The lowest BCUT2D eigenvalue weighted by atomic mass is 10.1. The van der Waals surface area contributed by atoms with Crippen molar-refractivity contribution < 1.29 is 18.0 Å². The average Bonchev–Trinajstić information content (AvgIpc) is 2.79. The Balaban J connectivity index is 2.45. The molecule has 0 fully saturated rings. The first-order valence-corrected chi connectivity index (χ1v) is 14.1. The molecule has 0 saturated carbocycles. The minimum absolute atomic E-state index is 0.0587. The molecule has 2 rings (SSSR count). The summed E-state index contributed by atoms with van der Waals surface area (Å²) in [6.45, 7) is 7.31. The summed E-state index contributed by atoms with van der Waals surface area (Å²) in [5.41, 5.74) is 2.11. The van der Waals surface area contributed by atoms with Gasteiger partial charge >= 0.3 is 0 Å². The Morgan fingerprint density at radius 3 is 2.14 bits per heavy atom. The van der Waals surface area contributed by atoms with Crippen molar-refractivity contribution in [3.05, 3.63) is 63.6 Å². The molecule has 2 aromatic carbocycles. The van der Waals surface area contributed by atoms with Crippen LogP contribution in [0, 0.1) is 6.92 Å². The summed E-state index contributed by atoms with van der Waals surface area (Å²) in [5.74, 6) is -0.782. The number of sulfonamides is 1. The second-order valence-corrected chi connectivity index (χ2v) is 11.3. The lowest BCUT2D eigenvalue weighted by Crippen LogP contribution is -2.53. The Kier molecular flexibility index (Phi) is 10.4. The first-order chi connectivity index (χ1) is 16.4. The lowest BCUT2D eigenvalue weighted by Gasteiger charge is -2.33. The van der Waals surface area contributed by atoms with E-state index in [0.717, 1.165) is 28.1 Å². The fourth-order valence-electron chi connectivity index (χ4n) is 3.50. The van der Waals surface area contributed by atoms with Crippen LogP contribution in [0.1, 0.15) is 44.7 Å². The van der Waals surface area contributed by atoms with E-state index in [1.807, 2.05) is 52.0 Å². The molecule has 2 aromatic rings. The molecule has 0 saturated heterocycles. The van der Waals surface area contributed by atoms with Crippen LogP contribution in [0.25, 0.3) is 0 Å². The van der Waals surface area contributed by atoms with Crippen LogP contribution in [-0.4, -0.2) is 50.0 Å². The molecule has 10 heteroatoms. The summed E-state index contributed by atoms with van der Waals surface area (Å²) < 4.78 is 26.3. The van der Waals surface area contributed by atoms with Crippen LogP contribution in [-0.2, 0) is 26.2 Å². The van der Waals surface area contributed by atoms with Crippen molar-refractivity contribution in [2.75, 3.05) is 17.1 Å². The van der Waals surface area contributed by atoms with Crippen LogP contribution in [0.4, 0.5) is 5.69 Å². The Hall–Kier alpha value is -2.29. The van der Waals surface area contributed by atoms with Crippen LogP contribution in [0.2, 0.25) is 10.0 Å². The van der Waals surface area contributed by atoms with Gasteiger partial charge < -0.3 is 10.2 Å². The molecule has 0 bridgehead atoms. The second kappa shape index (κ2) is 12.6. The van der Waals surface area contributed by atoms with E-state index < -0.39 is 28.5 Å². The lowest BCUT2D eigenvalue weighted by molar-refractivity contribution is -0.140. The third-order valence-corrected chi connectivity index (χ3v) is 7.61. The molecular weight excluding hydrogens is 509 g/mol. The summed E-state index contributed by atoms with van der Waals surface area (Å²) in [6.07, 6.45) is 2.12. The van der Waals surface area contributed by atoms with Crippen molar-refractivity contribution in [3.63, 3.8) is 0 Å². The highest BCUT2D eigenvalue weighted by Gasteiger charge is 2.32. The van der Waals surface area contributed by atoms with Crippen LogP contribution in [0.15, 0.2) is 42.5 Å². The number of rotatable bonds is 11. The summed E-state index contributed by atoms with van der Waals surface area (Å²) in [7, 11) is -3.85. The van der Waals surface area contributed by atoms with Gasteiger partial charge in [0.1, 0.15) is 12.6 Å². The molecule has 0 unspecified atom stereocenters. The minimum Gasteiger partial charge on any atom is -0.352 e. The third-order valence-electron chi connectivity index (χ3n) is 5.73. The topological polar surface area (TPSA) is 86.8 Å². The molecule has 1 N–H and O–H groups in total. The summed E-state index contributed by atoms with van der Waals surface area (Å²) in [4.78, 5) is 28.2. The maximum absolute atomic E-state index is 13.6. The van der Waals surface area contributed by atoms with Gasteiger partial charge in [0, 0.05) is 12.6 Å². The van der Waals surface area contributed by atoms with Gasteiger partial charge in [-0.25, -0.2) is 8.42 Å². The zero-order valence-corrected chi connectivity index (χ0v) is 23.0. The standard InChI is InChI=1S/C25H33Cl2N3O4S/c1-6-18(4)28-25(32)23(7-2)29(15-19-10-8-17(3)9-11-19)24(31)16-30(35(5,33)34)20-12-13-21(26)22(27)14-20/h8-14,18,23H,6-7,15-16H2,1-5H3,(H,28,32)/t18-,23+/m1/s1. The fraction of sp³-hybridized carbons (Fsp3) is 0.440. The van der Waals surface area contributed by atoms with Gasteiger partial charge in [-0.1, -0.05) is 66.9 Å². The van der Waals surface area contributed by atoms with E-state index in [2.05, 4.69) is 5.32 Å². The molecule has 2 amide bonds. The van der Waals surface area contributed by atoms with Gasteiger partial charge in [-0.15, -0.1) is 0 Å². The number of amides is 2. The highest BCUT2D eigenvalue weighted by molar-refractivity contribution is 7.92. The van der Waals surface area contributed by atoms with Gasteiger partial charge in [0.15, 0.2) is 0 Å². The smallest absolute Gasteiger partial charge is 0.244 e. The van der Waals surface area contributed by atoms with Gasteiger partial charge in [0.25, 0.3) is 0 Å². The Morgan fingerprint density at radius 2 is 1.63 bits per heavy atom. The largest absolute Gasteiger partial charge is 0.352 e. The van der Waals surface area contributed by atoms with E-state index in [0.29, 0.717) is 6.42 Å². The number of carbonyl (C=O) groups is 2. The number of nitrogens with zero attached hydrogens (tertiary/aromatic N) is 2. The van der Waals surface area contributed by atoms with Crippen LogP contribution < -0.4 is 9.62 Å². The van der Waals surface area contributed by atoms with Crippen molar-refractivity contribution in [1.82, 2.24) is 10.2 Å². The number of anilines is 1. The summed E-state index contributed by atoms with van der Waals surface area (Å²) >= 11 is 12.1. The molecule has 0 aliphatic carbocycles. The first kappa shape index (κ1) is 28.9. The maximum atomic E-state index is 13.6. The van der Waals surface area contributed by atoms with Crippen molar-refractivity contribution in [3.8, 4) is 0 Å². The number of carbonyl (C=O) groups excluding carboxylic acids is 2. The number of aryl methyl sites for hydroxylation is 1. The van der Waals surface area contributed by atoms with Crippen molar-refractivity contribution in [2.24, 2.45) is 0 Å². The van der Waals surface area contributed by atoms with Crippen LogP contribution >= 0.6 is 23.2 Å². The first-order valence-electron chi connectivity index (χ1n) is 11.5. The average molecular weight is 543 g/mol. The number of hydrogen-bond acceptors (Lipinski definition) is 4. The third kappa shape index (κ3) is 8.12. The normalized spacial score (nSPS) is 13.1. The Labute approximate surface area is 218 Å². The molecule has 0 aliphatic rings. The minimum atomic E-state index is -3.85. The van der Waals surface area contributed by atoms with Gasteiger partial charge in [0.05, 0.1) is 22.0 Å². The van der Waals surface area contributed by atoms with E-state index in [-0.39, 0.29) is 34.2 Å². The molecule has 0 aromatic heterocycles. The second-order valence-electron chi connectivity index (χ2n) is 8.62. The quantitative estimate of drug-likeness (QED) is 0.443. The van der Waals surface area contributed by atoms with E-state index in [9.17, 15) is 18.0 Å². The molecule has 0 aliphatic heterocycles. The van der Waals surface area contributed by atoms with Crippen molar-refractivity contribution in [2.45, 2.75) is 59.2 Å². The zero-order valence-electron chi connectivity index (χ0n) is 20.7. The van der Waals surface area contributed by atoms with Gasteiger partial charge in [-0.3, -0.25) is 13.9 Å². The number of benzene rings is 2. The molecule has 0 heterocycles. The van der Waals surface area contributed by atoms with Crippen molar-refractivity contribution >= 4 is 50.7 Å². The van der Waals surface area contributed by atoms with E-state index in [1.54, 1.807) is 0 Å². The maximum Gasteiger partial charge on any atom is 0.244 e. The highest BCUT2D eigenvalue weighted by Crippen LogP contribution is 2.28. The molecular formula is C25H33Cl2N3O4S. The SMILES string of the molecule is CC[C@@H](C)NC(=O)[C@H](CC)N(Cc1ccc(C)cc1)C(=O)CN(c1ccc(Cl)c(Cl)c1)S(C)(=O)=O. The number of hydrogen-bond donors (Lipinski definition) is 1. The number of halogens is 2. The molecule has 35 heavy (non-hydrogen) atoms. The molecule has 0 radical (unpaired) electrons. The Bertz CT molecular complexity index is 1140. The molecule has 192 valence electrons. The monoisotopic (exact) mass is 541 g/mol. The number of nitrogens with one attached hydrogen (secondary N) is 1. The summed E-state index contributed by atoms with van der Waals surface area (Å²) in [5, 5.41) is 3.38. The summed E-state index contributed by atoms with van der Waals surface area (Å²) in [6, 6.07) is 11.2. The van der Waals surface area contributed by atoms with Crippen molar-refractivity contribution in [1.29, 1.82) is 0 Å². The predicted octanol–water partition coefficient (Wildman–Crippen LogP) is 4.79. The van der Waals surface area contributed by atoms with E-state index in [4.69, 9.17) is 23.2 Å².